The summed E-state index contributed by atoms with van der Waals surface area (Å²) in [6.45, 7) is 7.99. The summed E-state index contributed by atoms with van der Waals surface area (Å²) < 4.78 is 43.1. The third-order valence-electron chi connectivity index (χ3n) is 15.6. The molecule has 9 atom stereocenters. The number of anilines is 1. The van der Waals surface area contributed by atoms with Crippen molar-refractivity contribution in [3.05, 3.63) is 70.4 Å². The summed E-state index contributed by atoms with van der Waals surface area (Å²) in [4.78, 5) is 37.8. The molecule has 332 valence electrons. The maximum absolute atomic E-state index is 13.0. The highest BCUT2D eigenvalue weighted by Gasteiger charge is 2.60. The number of benzene rings is 3. The van der Waals surface area contributed by atoms with Crippen LogP contribution in [0.5, 0.6) is 5.75 Å². The Hall–Kier alpha value is -4.57. The molecule has 0 saturated heterocycles. The zero-order valence-corrected chi connectivity index (χ0v) is 37.1. The summed E-state index contributed by atoms with van der Waals surface area (Å²) in [7, 11) is -4.45. The number of hydrogen-bond acceptors (Lipinski definition) is 9. The molecule has 1 amide bonds. The van der Waals surface area contributed by atoms with Gasteiger partial charge in [0.1, 0.15) is 17.1 Å². The fourth-order valence-corrected chi connectivity index (χ4v) is 13.6. The summed E-state index contributed by atoms with van der Waals surface area (Å²) in [5, 5.41) is 30.4. The zero-order valence-electron chi connectivity index (χ0n) is 35.4. The van der Waals surface area contributed by atoms with E-state index in [0.29, 0.717) is 101 Å². The number of phenolic OH excluding ortho intramolecular Hbond substituents is 1. The van der Waals surface area contributed by atoms with Gasteiger partial charge in [-0.1, -0.05) is 26.8 Å². The van der Waals surface area contributed by atoms with Crippen molar-refractivity contribution in [2.75, 3.05) is 18.4 Å². The summed E-state index contributed by atoms with van der Waals surface area (Å²) in [6.07, 6.45) is 10.1. The molecule has 6 aliphatic rings. The van der Waals surface area contributed by atoms with Crippen LogP contribution in [-0.4, -0.2) is 59.4 Å². The van der Waals surface area contributed by atoms with Gasteiger partial charge in [0.15, 0.2) is 10.5 Å². The van der Waals surface area contributed by atoms with Crippen molar-refractivity contribution in [3.63, 3.8) is 0 Å². The number of carbonyl (C=O) groups excluding carboxylic acids is 1. The Balaban J connectivity index is 0.816. The highest BCUT2D eigenvalue weighted by molar-refractivity contribution is 7.81. The highest BCUT2D eigenvalue weighted by Crippen LogP contribution is 2.68. The maximum atomic E-state index is 13.0. The SMILES string of the molecule is C[C@H](CCC(=O)NCCNC(=S)Nc1ccc(-c2c3ccc(=O)cc-3oc3cc(O)ccc23)c(C(=O)O)c1)[C@H]1CC[C@H]2[C@@H]3CC[C@@H]4C[C@H](OS(=O)(=O)O)CC[C@]4(C)[C@H]3CC[C@]12C. The Labute approximate surface area is 367 Å². The number of aromatic carboxylic acids is 1. The van der Waals surface area contributed by atoms with Crippen LogP contribution in [0.2, 0.25) is 0 Å². The Morgan fingerprint density at radius 3 is 2.44 bits per heavy atom. The van der Waals surface area contributed by atoms with E-state index in [1.165, 1.54) is 56.0 Å². The lowest BCUT2D eigenvalue weighted by Gasteiger charge is -2.61. The number of carboxylic acids is 1. The molecule has 0 bridgehead atoms. The molecular formula is C47H57N3O10S2. The van der Waals surface area contributed by atoms with Gasteiger partial charge in [-0.25, -0.2) is 8.98 Å². The summed E-state index contributed by atoms with van der Waals surface area (Å²) in [5.41, 5.74) is 2.38. The fourth-order valence-electron chi connectivity index (χ4n) is 12.8. The predicted molar refractivity (Wildman–Crippen MR) is 240 cm³/mol. The third-order valence-corrected chi connectivity index (χ3v) is 16.4. The molecule has 13 nitrogen and oxygen atoms in total. The Morgan fingerprint density at radius 1 is 0.919 bits per heavy atom. The number of rotatable bonds is 12. The van der Waals surface area contributed by atoms with E-state index in [1.54, 1.807) is 24.3 Å². The second kappa shape index (κ2) is 17.2. The van der Waals surface area contributed by atoms with Crippen LogP contribution in [0.15, 0.2) is 63.8 Å². The Kier molecular flexibility index (Phi) is 12.2. The first kappa shape index (κ1) is 44.1. The summed E-state index contributed by atoms with van der Waals surface area (Å²) in [6, 6.07) is 13.8. The van der Waals surface area contributed by atoms with Crippen molar-refractivity contribution in [2.24, 2.45) is 46.3 Å². The van der Waals surface area contributed by atoms with E-state index in [2.05, 4.69) is 36.7 Å². The Morgan fingerprint density at radius 2 is 1.66 bits per heavy atom. The lowest BCUT2D eigenvalue weighted by molar-refractivity contribution is -0.127. The fraction of sp³-hybridized carbons (Fsp3) is 0.532. The molecule has 2 aromatic rings. The molecule has 62 heavy (non-hydrogen) atoms. The molecule has 0 aromatic heterocycles. The van der Waals surface area contributed by atoms with Crippen molar-refractivity contribution in [2.45, 2.75) is 97.5 Å². The molecule has 0 unspecified atom stereocenters. The van der Waals surface area contributed by atoms with Crippen LogP contribution in [0.1, 0.15) is 102 Å². The van der Waals surface area contributed by atoms with Gasteiger partial charge < -0.3 is 30.6 Å². The number of thiocarbonyl (C=S) groups is 1. The minimum Gasteiger partial charge on any atom is -0.508 e. The minimum absolute atomic E-state index is 0.00194. The average Bonchev–Trinajstić information content (AvgIpc) is 3.57. The van der Waals surface area contributed by atoms with Gasteiger partial charge in [-0.05, 0) is 165 Å². The van der Waals surface area contributed by atoms with Gasteiger partial charge in [-0.15, -0.1) is 0 Å². The van der Waals surface area contributed by atoms with Crippen molar-refractivity contribution in [1.82, 2.24) is 10.6 Å². The first-order valence-corrected chi connectivity index (χ1v) is 23.8. The smallest absolute Gasteiger partial charge is 0.397 e. The van der Waals surface area contributed by atoms with Crippen molar-refractivity contribution in [3.8, 4) is 28.2 Å². The molecule has 8 rings (SSSR count). The number of aromatic hydroxyl groups is 1. The predicted octanol–water partition coefficient (Wildman–Crippen LogP) is 8.63. The van der Waals surface area contributed by atoms with E-state index in [1.807, 2.05) is 0 Å². The largest absolute Gasteiger partial charge is 0.508 e. The lowest BCUT2D eigenvalue weighted by Crippen LogP contribution is -2.54. The molecule has 0 radical (unpaired) electrons. The van der Waals surface area contributed by atoms with Crippen LogP contribution in [0.25, 0.3) is 33.4 Å². The number of hydrogen-bond donors (Lipinski definition) is 6. The van der Waals surface area contributed by atoms with Gasteiger partial charge >= 0.3 is 16.4 Å². The van der Waals surface area contributed by atoms with E-state index in [0.717, 1.165) is 25.7 Å². The third kappa shape index (κ3) is 8.69. The number of fused-ring (bicyclic) bond motifs is 7. The van der Waals surface area contributed by atoms with Crippen LogP contribution < -0.4 is 21.4 Å². The molecule has 0 spiro atoms. The zero-order chi connectivity index (χ0) is 44.1. The van der Waals surface area contributed by atoms with Gasteiger partial charge in [0.05, 0.1) is 11.7 Å². The molecule has 15 heteroatoms. The van der Waals surface area contributed by atoms with Crippen LogP contribution in [0, 0.1) is 46.3 Å². The van der Waals surface area contributed by atoms with Gasteiger partial charge in [0.25, 0.3) is 0 Å². The monoisotopic (exact) mass is 887 g/mol. The second-order valence-electron chi connectivity index (χ2n) is 18.9. The first-order valence-electron chi connectivity index (χ1n) is 22.0. The molecule has 5 aliphatic carbocycles. The van der Waals surface area contributed by atoms with E-state index in [9.17, 15) is 37.6 Å². The van der Waals surface area contributed by atoms with Crippen molar-refractivity contribution < 1.29 is 41.4 Å². The molecular weight excluding hydrogens is 831 g/mol. The lowest BCUT2D eigenvalue weighted by atomic mass is 9.44. The van der Waals surface area contributed by atoms with Crippen molar-refractivity contribution in [1.29, 1.82) is 0 Å². The van der Waals surface area contributed by atoms with Gasteiger partial charge in [-0.3, -0.25) is 14.1 Å². The normalized spacial score (nSPS) is 28.6. The molecule has 6 N–H and O–H groups in total. The molecule has 4 saturated carbocycles. The summed E-state index contributed by atoms with van der Waals surface area (Å²) in [5.74, 6) is 2.40. The molecule has 1 heterocycles. The van der Waals surface area contributed by atoms with E-state index in [-0.39, 0.29) is 44.4 Å². The number of nitrogens with one attached hydrogen (secondary N) is 3. The van der Waals surface area contributed by atoms with E-state index in [4.69, 9.17) is 20.8 Å². The summed E-state index contributed by atoms with van der Waals surface area (Å²) >= 11 is 5.52. The van der Waals surface area contributed by atoms with Gasteiger partial charge in [0.2, 0.25) is 5.91 Å². The van der Waals surface area contributed by atoms with Crippen LogP contribution in [0.4, 0.5) is 5.69 Å². The van der Waals surface area contributed by atoms with Crippen LogP contribution in [0.3, 0.4) is 0 Å². The number of amides is 1. The number of phenols is 1. The van der Waals surface area contributed by atoms with Gasteiger partial charge in [-0.2, -0.15) is 8.42 Å². The maximum Gasteiger partial charge on any atom is 0.397 e. The van der Waals surface area contributed by atoms with Crippen LogP contribution in [-0.2, 0) is 19.4 Å². The van der Waals surface area contributed by atoms with Crippen molar-refractivity contribution >= 4 is 56.3 Å². The topological polar surface area (TPSA) is 204 Å². The number of carbonyl (C=O) groups is 2. The second-order valence-corrected chi connectivity index (χ2v) is 20.4. The average molecular weight is 888 g/mol. The van der Waals surface area contributed by atoms with Crippen LogP contribution >= 0.6 is 12.2 Å². The first-order chi connectivity index (χ1) is 29.4. The molecule has 2 aromatic carbocycles. The van der Waals surface area contributed by atoms with Gasteiger partial charge in [0, 0.05) is 53.8 Å². The molecule has 4 fully saturated rings. The molecule has 1 aliphatic heterocycles. The van der Waals surface area contributed by atoms with E-state index < -0.39 is 22.5 Å². The standard InChI is InChI=1S/C47H57N3O10S2/c1-26(37-13-14-38-33-9-5-27-22-31(60-62(56,57)58)16-18-46(27,2)39(33)17-19-47(37,38)3)4-15-42(53)48-20-21-49-45(61)50-28-6-10-32(36(23-28)44(54)55)43-34-11-7-29(51)24-40(34)59-41-25-30(52)8-12-35(41)43/h6-8,10-12,23-27,31,33,37-39,51H,4-5,9,13-22H2,1-3H3,(H,48,53)(H,54,55)(H2,49,50,61)(H,56,57,58)/t26-,27-,31-,33+,37-,38+,39+,46+,47-/m1/s1. The highest BCUT2D eigenvalue weighted by atomic mass is 32.3. The minimum atomic E-state index is -4.45. The quantitative estimate of drug-likeness (QED) is 0.0342. The van der Waals surface area contributed by atoms with E-state index >= 15 is 0 Å². The number of carboxylic acid groups (broad SMARTS) is 1. The Bertz CT molecular complexity index is 2530.